The molecule has 4 heterocycles. The molecule has 30 heavy (non-hydrogen) atoms. The van der Waals surface area contributed by atoms with E-state index in [0.29, 0.717) is 5.88 Å². The Bertz CT molecular complexity index is 1540. The lowest BCUT2D eigenvalue weighted by Gasteiger charge is -2.09. The van der Waals surface area contributed by atoms with Crippen LogP contribution in [0.5, 0.6) is 11.6 Å². The molecule has 0 unspecified atom stereocenters. The topological polar surface area (TPSA) is 47.9 Å². The second-order valence-electron chi connectivity index (χ2n) is 7.09. The van der Waals surface area contributed by atoms with Crippen LogP contribution in [0.2, 0.25) is 0 Å². The Balaban J connectivity index is 1.55. The van der Waals surface area contributed by atoms with Gasteiger partial charge in [0.05, 0.1) is 25.3 Å². The maximum atomic E-state index is 6.47. The van der Waals surface area contributed by atoms with Crippen molar-refractivity contribution < 1.29 is 4.74 Å². The number of aryl methyl sites for hydroxylation is 2. The number of rotatable bonds is 3. The molecule has 6 rings (SSSR count). The Hall–Kier alpha value is -2.87. The van der Waals surface area contributed by atoms with E-state index >= 15 is 0 Å². The van der Waals surface area contributed by atoms with Gasteiger partial charge in [-0.3, -0.25) is 0 Å². The Kier molecular flexibility index (Phi) is 4.09. The highest BCUT2D eigenvalue weighted by molar-refractivity contribution is 7.21. The van der Waals surface area contributed by atoms with Crippen LogP contribution in [0.25, 0.3) is 41.6 Å². The first-order valence-corrected chi connectivity index (χ1v) is 12.0. The molecule has 0 radical (unpaired) electrons. The summed E-state index contributed by atoms with van der Waals surface area (Å²) in [6.07, 6.45) is 1.58. The summed E-state index contributed by atoms with van der Waals surface area (Å²) in [5, 5.41) is 7.30. The van der Waals surface area contributed by atoms with E-state index in [-0.39, 0.29) is 0 Å². The lowest BCUT2D eigenvalue weighted by atomic mass is 10.0. The van der Waals surface area contributed by atoms with Crippen LogP contribution in [-0.4, -0.2) is 15.0 Å². The Morgan fingerprint density at radius 1 is 0.967 bits per heavy atom. The first-order chi connectivity index (χ1) is 14.7. The number of fused-ring (bicyclic) bond motifs is 4. The van der Waals surface area contributed by atoms with Gasteiger partial charge in [0.1, 0.15) is 16.9 Å². The van der Waals surface area contributed by atoms with Gasteiger partial charge in [-0.25, -0.2) is 15.0 Å². The Labute approximate surface area is 184 Å². The summed E-state index contributed by atoms with van der Waals surface area (Å²) in [4.78, 5) is 14.6. The molecule has 0 saturated carbocycles. The molecule has 0 aliphatic rings. The van der Waals surface area contributed by atoms with Crippen LogP contribution in [-0.2, 0) is 0 Å². The molecule has 4 nitrogen and oxygen atoms in total. The molecule has 0 spiro atoms. The molecular weight excluding hydrogens is 430 g/mol. The summed E-state index contributed by atoms with van der Waals surface area (Å²) in [6, 6.07) is 12.7. The van der Waals surface area contributed by atoms with Crippen molar-refractivity contribution in [2.24, 2.45) is 0 Å². The van der Waals surface area contributed by atoms with E-state index in [0.717, 1.165) is 52.4 Å². The zero-order valence-corrected chi connectivity index (χ0v) is 18.6. The summed E-state index contributed by atoms with van der Waals surface area (Å²) in [6.45, 7) is 4.13. The first-order valence-electron chi connectivity index (χ1n) is 9.42. The number of benzene rings is 2. The number of aromatic nitrogens is 3. The minimum atomic E-state index is 0.588. The van der Waals surface area contributed by atoms with E-state index in [4.69, 9.17) is 9.72 Å². The minimum Gasteiger partial charge on any atom is -0.437 e. The van der Waals surface area contributed by atoms with Crippen molar-refractivity contribution in [1.82, 2.24) is 15.0 Å². The highest BCUT2D eigenvalue weighted by Gasteiger charge is 2.18. The van der Waals surface area contributed by atoms with Gasteiger partial charge in [0.2, 0.25) is 5.88 Å². The molecule has 146 valence electrons. The normalized spacial score (nSPS) is 11.7. The van der Waals surface area contributed by atoms with Crippen molar-refractivity contribution in [2.45, 2.75) is 13.8 Å². The molecule has 6 aromatic rings. The number of nitrogens with zero attached hydrogens (tertiary/aromatic N) is 3. The highest BCUT2D eigenvalue weighted by Crippen LogP contribution is 2.43. The van der Waals surface area contributed by atoms with Crippen molar-refractivity contribution in [3.8, 4) is 22.8 Å². The van der Waals surface area contributed by atoms with Crippen LogP contribution in [0, 0.1) is 13.8 Å². The van der Waals surface area contributed by atoms with Crippen molar-refractivity contribution in [2.75, 3.05) is 0 Å². The van der Waals surface area contributed by atoms with Gasteiger partial charge in [-0.05, 0) is 30.9 Å². The first kappa shape index (κ1) is 17.9. The second-order valence-corrected chi connectivity index (χ2v) is 10.1. The number of thiazole rings is 1. The molecule has 0 saturated heterocycles. The molecule has 0 atom stereocenters. The fraction of sp³-hybridized carbons (Fsp3) is 0.0870. The van der Waals surface area contributed by atoms with E-state index in [1.54, 1.807) is 40.3 Å². The molecule has 0 bridgehead atoms. The maximum Gasteiger partial charge on any atom is 0.231 e. The number of hydrogen-bond donors (Lipinski definition) is 0. The van der Waals surface area contributed by atoms with Gasteiger partial charge in [-0.15, -0.1) is 34.0 Å². The minimum absolute atomic E-state index is 0.588. The predicted molar refractivity (Wildman–Crippen MR) is 127 cm³/mol. The quantitative estimate of drug-likeness (QED) is 0.281. The number of ether oxygens (including phenoxy) is 1. The van der Waals surface area contributed by atoms with E-state index in [1.165, 1.54) is 5.56 Å². The zero-order valence-electron chi connectivity index (χ0n) is 16.2. The van der Waals surface area contributed by atoms with Crippen LogP contribution < -0.4 is 4.74 Å². The Morgan fingerprint density at radius 3 is 2.70 bits per heavy atom. The second kappa shape index (κ2) is 6.84. The van der Waals surface area contributed by atoms with Gasteiger partial charge in [0.25, 0.3) is 0 Å². The zero-order chi connectivity index (χ0) is 20.2. The van der Waals surface area contributed by atoms with E-state index in [9.17, 15) is 0 Å². The van der Waals surface area contributed by atoms with Gasteiger partial charge in [-0.1, -0.05) is 29.8 Å². The van der Waals surface area contributed by atoms with Crippen molar-refractivity contribution in [1.29, 1.82) is 0 Å². The third kappa shape index (κ3) is 2.81. The smallest absolute Gasteiger partial charge is 0.231 e. The van der Waals surface area contributed by atoms with E-state index in [2.05, 4.69) is 64.1 Å². The molecule has 0 fully saturated rings. The maximum absolute atomic E-state index is 6.47. The summed E-state index contributed by atoms with van der Waals surface area (Å²) in [5.74, 6) is 1.40. The van der Waals surface area contributed by atoms with E-state index < -0.39 is 0 Å². The van der Waals surface area contributed by atoms with Gasteiger partial charge in [-0.2, -0.15) is 0 Å². The third-order valence-corrected chi connectivity index (χ3v) is 7.80. The predicted octanol–water partition coefficient (Wildman–Crippen LogP) is 7.59. The monoisotopic (exact) mass is 445 g/mol. The molecule has 4 aromatic heterocycles. The van der Waals surface area contributed by atoms with Gasteiger partial charge >= 0.3 is 0 Å². The molecule has 0 amide bonds. The summed E-state index contributed by atoms with van der Waals surface area (Å²) in [7, 11) is 0. The molecule has 0 N–H and O–H groups in total. The SMILES string of the molecule is Cc1ccc(-c2csc3ncnc(Oc4cc5sc(C)nc5c5sccc45)c23)cc1. The number of thiophene rings is 2. The summed E-state index contributed by atoms with van der Waals surface area (Å²) < 4.78 is 8.75. The van der Waals surface area contributed by atoms with Crippen molar-refractivity contribution in [3.05, 3.63) is 64.1 Å². The standard InChI is InChI=1S/C23H15N3OS3/c1-12-3-5-14(6-4-12)16-10-29-23-19(16)22(24-11-25-23)27-17-9-18-20(26-13(2)30-18)21-15(17)7-8-28-21/h3-11H,1-2H3. The average Bonchev–Trinajstić information content (AvgIpc) is 3.46. The fourth-order valence-corrected chi connectivity index (χ4v) is 6.39. The lowest BCUT2D eigenvalue weighted by molar-refractivity contribution is 0.474. The largest absolute Gasteiger partial charge is 0.437 e. The van der Waals surface area contributed by atoms with Crippen LogP contribution >= 0.6 is 34.0 Å². The molecule has 2 aromatic carbocycles. The highest BCUT2D eigenvalue weighted by atomic mass is 32.1. The third-order valence-electron chi connectivity index (χ3n) is 5.07. The lowest BCUT2D eigenvalue weighted by Crippen LogP contribution is -1.91. The summed E-state index contributed by atoms with van der Waals surface area (Å²) >= 11 is 4.99. The molecule has 0 aliphatic heterocycles. The molecule has 0 aliphatic carbocycles. The Morgan fingerprint density at radius 2 is 1.83 bits per heavy atom. The van der Waals surface area contributed by atoms with Gasteiger partial charge < -0.3 is 4.74 Å². The van der Waals surface area contributed by atoms with Crippen LogP contribution in [0.15, 0.2) is 53.5 Å². The van der Waals surface area contributed by atoms with Crippen LogP contribution in [0.1, 0.15) is 10.6 Å². The van der Waals surface area contributed by atoms with Gasteiger partial charge in [0, 0.05) is 22.4 Å². The van der Waals surface area contributed by atoms with Crippen LogP contribution in [0.4, 0.5) is 0 Å². The van der Waals surface area contributed by atoms with Crippen molar-refractivity contribution in [3.63, 3.8) is 0 Å². The molecule has 7 heteroatoms. The van der Waals surface area contributed by atoms with Crippen molar-refractivity contribution >= 4 is 64.5 Å². The number of hydrogen-bond acceptors (Lipinski definition) is 7. The summed E-state index contributed by atoms with van der Waals surface area (Å²) in [5.41, 5.74) is 4.53. The average molecular weight is 446 g/mol. The van der Waals surface area contributed by atoms with E-state index in [1.807, 2.05) is 6.92 Å². The molecular formula is C23H15N3OS3. The fourth-order valence-electron chi connectivity index (χ4n) is 3.65. The van der Waals surface area contributed by atoms with Crippen LogP contribution in [0.3, 0.4) is 0 Å². The van der Waals surface area contributed by atoms with Gasteiger partial charge in [0.15, 0.2) is 0 Å².